The zero-order valence-electron chi connectivity index (χ0n) is 19.8. The highest BCUT2D eigenvalue weighted by atomic mass is 16.5. The molecule has 1 heterocycles. The molecule has 0 spiro atoms. The van der Waals surface area contributed by atoms with E-state index in [1.165, 1.54) is 0 Å². The number of aromatic nitrogens is 1. The first-order valence-electron chi connectivity index (χ1n) is 11.4. The van der Waals surface area contributed by atoms with Crippen molar-refractivity contribution in [3.05, 3.63) is 96.1 Å². The van der Waals surface area contributed by atoms with Crippen LogP contribution < -0.4 is 4.74 Å². The average Bonchev–Trinajstić information content (AvgIpc) is 3.17. The minimum atomic E-state index is -0.597. The summed E-state index contributed by atoms with van der Waals surface area (Å²) in [5.41, 5.74) is 5.04. The maximum absolute atomic E-state index is 12.9. The molecular weight excluding hydrogens is 424 g/mol. The quantitative estimate of drug-likeness (QED) is 0.360. The Morgan fingerprint density at radius 3 is 2.41 bits per heavy atom. The number of aliphatic hydroxyl groups excluding tert-OH is 1. The van der Waals surface area contributed by atoms with Gasteiger partial charge in [0.25, 0.3) is 0 Å². The van der Waals surface area contributed by atoms with Gasteiger partial charge in [-0.2, -0.15) is 0 Å². The summed E-state index contributed by atoms with van der Waals surface area (Å²) in [6.45, 7) is 0.458. The standard InChI is InChI=1S/C29H30N2O3/c1-30(20-19-27(32)21-9-5-4-6-10-21)28(33)18-17-25-24-11-7-8-12-26(24)31(2)29(25)22-13-15-23(34-3)16-14-22/h4-18,27,32H,19-20H2,1-3H3. The number of benzene rings is 3. The summed E-state index contributed by atoms with van der Waals surface area (Å²) in [6.07, 6.45) is 3.39. The Morgan fingerprint density at radius 1 is 1.03 bits per heavy atom. The summed E-state index contributed by atoms with van der Waals surface area (Å²) in [4.78, 5) is 14.5. The molecule has 0 fully saturated rings. The SMILES string of the molecule is COc1ccc(-c2c(C=CC(=O)N(C)CCC(O)c3ccccc3)c3ccccc3n2C)cc1. The predicted molar refractivity (Wildman–Crippen MR) is 138 cm³/mol. The van der Waals surface area contributed by atoms with E-state index in [4.69, 9.17) is 4.74 Å². The zero-order valence-corrected chi connectivity index (χ0v) is 19.8. The van der Waals surface area contributed by atoms with Gasteiger partial charge in [0.1, 0.15) is 5.75 Å². The van der Waals surface area contributed by atoms with Crippen LogP contribution in [0.1, 0.15) is 23.7 Å². The van der Waals surface area contributed by atoms with Crippen LogP contribution in [-0.4, -0.2) is 41.2 Å². The number of fused-ring (bicyclic) bond motifs is 1. The lowest BCUT2D eigenvalue weighted by molar-refractivity contribution is -0.125. The summed E-state index contributed by atoms with van der Waals surface area (Å²) in [5.74, 6) is 0.697. The first kappa shape index (κ1) is 23.3. The topological polar surface area (TPSA) is 54.7 Å². The largest absolute Gasteiger partial charge is 0.497 e. The fourth-order valence-corrected chi connectivity index (χ4v) is 4.24. The van der Waals surface area contributed by atoms with Crippen LogP contribution in [0.25, 0.3) is 28.2 Å². The molecule has 34 heavy (non-hydrogen) atoms. The minimum Gasteiger partial charge on any atom is -0.497 e. The Labute approximate surface area is 200 Å². The molecule has 5 heteroatoms. The Bertz CT molecular complexity index is 1290. The van der Waals surface area contributed by atoms with Gasteiger partial charge < -0.3 is 19.3 Å². The fraction of sp³-hybridized carbons (Fsp3) is 0.207. The lowest BCUT2D eigenvalue weighted by Crippen LogP contribution is -2.27. The second-order valence-corrected chi connectivity index (χ2v) is 8.38. The molecule has 0 aliphatic rings. The van der Waals surface area contributed by atoms with Crippen molar-refractivity contribution < 1.29 is 14.6 Å². The van der Waals surface area contributed by atoms with E-state index in [9.17, 15) is 9.90 Å². The summed E-state index contributed by atoms with van der Waals surface area (Å²) in [7, 11) is 5.46. The number of hydrogen-bond donors (Lipinski definition) is 1. The monoisotopic (exact) mass is 454 g/mol. The molecule has 4 rings (SSSR count). The number of aliphatic hydroxyl groups is 1. The van der Waals surface area contributed by atoms with Crippen molar-refractivity contribution in [2.45, 2.75) is 12.5 Å². The van der Waals surface area contributed by atoms with Gasteiger partial charge in [-0.05, 0) is 54.0 Å². The van der Waals surface area contributed by atoms with Crippen LogP contribution in [0.2, 0.25) is 0 Å². The van der Waals surface area contributed by atoms with E-state index in [0.29, 0.717) is 13.0 Å². The maximum Gasteiger partial charge on any atom is 0.246 e. The predicted octanol–water partition coefficient (Wildman–Crippen LogP) is 5.45. The maximum atomic E-state index is 12.9. The van der Waals surface area contributed by atoms with Crippen molar-refractivity contribution in [1.29, 1.82) is 0 Å². The number of amides is 1. The number of rotatable bonds is 8. The highest BCUT2D eigenvalue weighted by Crippen LogP contribution is 2.34. The number of methoxy groups -OCH3 is 1. The van der Waals surface area contributed by atoms with E-state index < -0.39 is 6.10 Å². The van der Waals surface area contributed by atoms with Gasteiger partial charge in [0.2, 0.25) is 5.91 Å². The van der Waals surface area contributed by atoms with Gasteiger partial charge in [-0.25, -0.2) is 0 Å². The highest BCUT2D eigenvalue weighted by molar-refractivity contribution is 6.01. The van der Waals surface area contributed by atoms with E-state index >= 15 is 0 Å². The molecule has 1 unspecified atom stereocenters. The van der Waals surface area contributed by atoms with E-state index in [2.05, 4.69) is 16.7 Å². The third-order valence-electron chi connectivity index (χ3n) is 6.20. The lowest BCUT2D eigenvalue weighted by Gasteiger charge is -2.18. The van der Waals surface area contributed by atoms with Gasteiger partial charge in [-0.3, -0.25) is 4.79 Å². The van der Waals surface area contributed by atoms with Gasteiger partial charge in [-0.1, -0.05) is 48.5 Å². The van der Waals surface area contributed by atoms with Crippen molar-refractivity contribution in [2.24, 2.45) is 7.05 Å². The molecule has 1 N–H and O–H groups in total. The molecular formula is C29H30N2O3. The van der Waals surface area contributed by atoms with Gasteiger partial charge in [-0.15, -0.1) is 0 Å². The molecule has 4 aromatic rings. The summed E-state index contributed by atoms with van der Waals surface area (Å²) >= 11 is 0. The molecule has 1 amide bonds. The van der Waals surface area contributed by atoms with Gasteiger partial charge in [0.05, 0.1) is 18.9 Å². The number of nitrogens with zero attached hydrogens (tertiary/aromatic N) is 2. The summed E-state index contributed by atoms with van der Waals surface area (Å²) < 4.78 is 7.46. The summed E-state index contributed by atoms with van der Waals surface area (Å²) in [5, 5.41) is 11.5. The number of likely N-dealkylation sites (N-methyl/N-ethyl adjacent to an activating group) is 1. The van der Waals surface area contributed by atoms with Crippen LogP contribution in [-0.2, 0) is 11.8 Å². The number of carbonyl (C=O) groups excluding carboxylic acids is 1. The average molecular weight is 455 g/mol. The number of hydrogen-bond acceptors (Lipinski definition) is 3. The Balaban J connectivity index is 1.57. The van der Waals surface area contributed by atoms with Crippen molar-refractivity contribution in [1.82, 2.24) is 9.47 Å². The number of carbonyl (C=O) groups is 1. The summed E-state index contributed by atoms with van der Waals surface area (Å²) in [6, 6.07) is 25.7. The molecule has 0 aliphatic carbocycles. The fourth-order valence-electron chi connectivity index (χ4n) is 4.24. The molecule has 1 aromatic heterocycles. The van der Waals surface area contributed by atoms with E-state index in [1.807, 2.05) is 79.9 Å². The number of ether oxygens (including phenoxy) is 1. The van der Waals surface area contributed by atoms with Crippen LogP contribution in [0.3, 0.4) is 0 Å². The van der Waals surface area contributed by atoms with Crippen LogP contribution >= 0.6 is 0 Å². The second-order valence-electron chi connectivity index (χ2n) is 8.38. The smallest absolute Gasteiger partial charge is 0.246 e. The van der Waals surface area contributed by atoms with Crippen molar-refractivity contribution in [3.63, 3.8) is 0 Å². The molecule has 1 atom stereocenters. The van der Waals surface area contributed by atoms with Gasteiger partial charge in [0, 0.05) is 43.2 Å². The Kier molecular flexibility index (Phi) is 7.14. The third kappa shape index (κ3) is 4.90. The Morgan fingerprint density at radius 2 is 1.71 bits per heavy atom. The van der Waals surface area contributed by atoms with E-state index in [0.717, 1.165) is 39.0 Å². The first-order chi connectivity index (χ1) is 16.5. The molecule has 0 saturated heterocycles. The van der Waals surface area contributed by atoms with Crippen LogP contribution in [0.4, 0.5) is 0 Å². The van der Waals surface area contributed by atoms with Crippen molar-refractivity contribution >= 4 is 22.9 Å². The van der Waals surface area contributed by atoms with Gasteiger partial charge in [0.15, 0.2) is 0 Å². The molecule has 0 radical (unpaired) electrons. The van der Waals surface area contributed by atoms with Crippen LogP contribution in [0.5, 0.6) is 5.75 Å². The zero-order chi connectivity index (χ0) is 24.1. The molecule has 3 aromatic carbocycles. The normalized spacial score (nSPS) is 12.2. The van der Waals surface area contributed by atoms with Crippen LogP contribution in [0.15, 0.2) is 84.9 Å². The molecule has 0 bridgehead atoms. The molecule has 0 saturated carbocycles. The lowest BCUT2D eigenvalue weighted by atomic mass is 10.0. The third-order valence-corrected chi connectivity index (χ3v) is 6.20. The minimum absolute atomic E-state index is 0.103. The molecule has 174 valence electrons. The van der Waals surface area contributed by atoms with Crippen molar-refractivity contribution in [2.75, 3.05) is 20.7 Å². The van der Waals surface area contributed by atoms with Crippen molar-refractivity contribution in [3.8, 4) is 17.0 Å². The number of aryl methyl sites for hydroxylation is 1. The molecule has 0 aliphatic heterocycles. The first-order valence-corrected chi connectivity index (χ1v) is 11.4. The van der Waals surface area contributed by atoms with E-state index in [1.54, 1.807) is 25.1 Å². The number of para-hydroxylation sites is 1. The Hall–Kier alpha value is -3.83. The van der Waals surface area contributed by atoms with Gasteiger partial charge >= 0.3 is 0 Å². The van der Waals surface area contributed by atoms with Crippen LogP contribution in [0, 0.1) is 0 Å². The highest BCUT2D eigenvalue weighted by Gasteiger charge is 2.16. The second kappa shape index (κ2) is 10.4. The van der Waals surface area contributed by atoms with E-state index in [-0.39, 0.29) is 5.91 Å². The molecule has 5 nitrogen and oxygen atoms in total.